The van der Waals surface area contributed by atoms with Gasteiger partial charge < -0.3 is 0 Å². The molecule has 0 saturated heterocycles. The molecular formula is C14H25Cl. The van der Waals surface area contributed by atoms with E-state index in [0.29, 0.717) is 5.92 Å². The Labute approximate surface area is 100 Å². The van der Waals surface area contributed by atoms with Gasteiger partial charge in [0, 0.05) is 5.03 Å². The van der Waals surface area contributed by atoms with Gasteiger partial charge >= 0.3 is 0 Å². The van der Waals surface area contributed by atoms with Gasteiger partial charge in [0.05, 0.1) is 0 Å². The third-order valence-electron chi connectivity index (χ3n) is 2.47. The van der Waals surface area contributed by atoms with Crippen LogP contribution in [-0.2, 0) is 0 Å². The van der Waals surface area contributed by atoms with Crippen LogP contribution in [0.3, 0.4) is 0 Å². The largest absolute Gasteiger partial charge is 0.0892 e. The number of allylic oxidation sites excluding steroid dienone is 4. The first kappa shape index (κ1) is 14.8. The highest BCUT2D eigenvalue weighted by atomic mass is 35.5. The van der Waals surface area contributed by atoms with Crippen LogP contribution in [0.15, 0.2) is 22.8 Å². The van der Waals surface area contributed by atoms with Gasteiger partial charge in [0.25, 0.3) is 0 Å². The van der Waals surface area contributed by atoms with E-state index in [1.807, 2.05) is 0 Å². The highest BCUT2D eigenvalue weighted by Crippen LogP contribution is 2.24. The van der Waals surface area contributed by atoms with E-state index in [-0.39, 0.29) is 0 Å². The average molecular weight is 229 g/mol. The lowest BCUT2D eigenvalue weighted by Gasteiger charge is -2.11. The molecule has 0 saturated carbocycles. The van der Waals surface area contributed by atoms with Gasteiger partial charge in [-0.05, 0) is 36.7 Å². The van der Waals surface area contributed by atoms with Crippen molar-refractivity contribution in [3.63, 3.8) is 0 Å². The molecule has 0 rings (SSSR count). The van der Waals surface area contributed by atoms with Crippen LogP contribution in [0.25, 0.3) is 0 Å². The van der Waals surface area contributed by atoms with Gasteiger partial charge in [-0.25, -0.2) is 0 Å². The van der Waals surface area contributed by atoms with Crippen molar-refractivity contribution in [3.8, 4) is 0 Å². The summed E-state index contributed by atoms with van der Waals surface area (Å²) < 4.78 is 0. The van der Waals surface area contributed by atoms with Crippen molar-refractivity contribution in [1.29, 1.82) is 0 Å². The van der Waals surface area contributed by atoms with E-state index < -0.39 is 0 Å². The summed E-state index contributed by atoms with van der Waals surface area (Å²) in [6.07, 6.45) is 7.65. The summed E-state index contributed by atoms with van der Waals surface area (Å²) in [6.45, 7) is 11.0. The molecular weight excluding hydrogens is 204 g/mol. The number of hydrogen-bond donors (Lipinski definition) is 0. The lowest BCUT2D eigenvalue weighted by atomic mass is 9.98. The zero-order chi connectivity index (χ0) is 11.8. The second-order valence-corrected chi connectivity index (χ2v) is 5.20. The summed E-state index contributed by atoms with van der Waals surface area (Å²) in [5.41, 5.74) is 1.39. The SMILES string of the molecule is CC/C(Cl)=C(\CC=CCC(C)C)C(C)C. The van der Waals surface area contributed by atoms with Crippen LogP contribution in [0.4, 0.5) is 0 Å². The molecule has 0 amide bonds. The minimum Gasteiger partial charge on any atom is -0.0892 e. The molecule has 0 nitrogen and oxygen atoms in total. The highest BCUT2D eigenvalue weighted by Gasteiger charge is 2.06. The normalized spacial score (nSPS) is 14.1. The van der Waals surface area contributed by atoms with Gasteiger partial charge in [-0.3, -0.25) is 0 Å². The van der Waals surface area contributed by atoms with E-state index in [4.69, 9.17) is 11.6 Å². The second-order valence-electron chi connectivity index (χ2n) is 4.74. The fourth-order valence-electron chi connectivity index (χ4n) is 1.47. The average Bonchev–Trinajstić information content (AvgIpc) is 2.15. The molecule has 0 aromatic carbocycles. The van der Waals surface area contributed by atoms with Gasteiger partial charge in [-0.1, -0.05) is 58.4 Å². The first-order valence-corrected chi connectivity index (χ1v) is 6.39. The molecule has 0 aliphatic carbocycles. The minimum absolute atomic E-state index is 0.557. The predicted octanol–water partition coefficient (Wildman–Crippen LogP) is 5.54. The molecule has 88 valence electrons. The van der Waals surface area contributed by atoms with Gasteiger partial charge in [-0.2, -0.15) is 0 Å². The van der Waals surface area contributed by atoms with Crippen LogP contribution in [-0.4, -0.2) is 0 Å². The molecule has 15 heavy (non-hydrogen) atoms. The van der Waals surface area contributed by atoms with Gasteiger partial charge in [-0.15, -0.1) is 0 Å². The molecule has 0 radical (unpaired) electrons. The standard InChI is InChI=1S/C14H25Cl/c1-6-14(15)13(12(4)5)10-8-7-9-11(2)3/h7-8,11-12H,6,9-10H2,1-5H3/b8-7?,14-13-. The predicted molar refractivity (Wildman–Crippen MR) is 71.2 cm³/mol. The lowest BCUT2D eigenvalue weighted by Crippen LogP contribution is -1.95. The first-order valence-electron chi connectivity index (χ1n) is 6.01. The molecule has 0 aliphatic heterocycles. The fourth-order valence-corrected chi connectivity index (χ4v) is 1.76. The Hall–Kier alpha value is -0.230. The van der Waals surface area contributed by atoms with Crippen molar-refractivity contribution in [3.05, 3.63) is 22.8 Å². The third-order valence-corrected chi connectivity index (χ3v) is 2.98. The summed E-state index contributed by atoms with van der Waals surface area (Å²) in [4.78, 5) is 0. The molecule has 0 bridgehead atoms. The summed E-state index contributed by atoms with van der Waals surface area (Å²) in [5, 5.41) is 1.04. The number of halogens is 1. The Balaban J connectivity index is 4.27. The van der Waals surface area contributed by atoms with Gasteiger partial charge in [0.2, 0.25) is 0 Å². The monoisotopic (exact) mass is 228 g/mol. The Kier molecular flexibility index (Phi) is 7.86. The van der Waals surface area contributed by atoms with Crippen LogP contribution in [0, 0.1) is 11.8 Å². The van der Waals surface area contributed by atoms with E-state index in [9.17, 15) is 0 Å². The van der Waals surface area contributed by atoms with Gasteiger partial charge in [0.15, 0.2) is 0 Å². The molecule has 0 spiro atoms. The molecule has 0 aliphatic rings. The van der Waals surface area contributed by atoms with Crippen LogP contribution in [0.1, 0.15) is 53.9 Å². The van der Waals surface area contributed by atoms with Crippen molar-refractivity contribution in [1.82, 2.24) is 0 Å². The lowest BCUT2D eigenvalue weighted by molar-refractivity contribution is 0.661. The fraction of sp³-hybridized carbons (Fsp3) is 0.714. The Bertz CT molecular complexity index is 221. The van der Waals surface area contributed by atoms with E-state index in [1.165, 1.54) is 5.57 Å². The van der Waals surface area contributed by atoms with E-state index >= 15 is 0 Å². The quantitative estimate of drug-likeness (QED) is 0.524. The van der Waals surface area contributed by atoms with Crippen LogP contribution >= 0.6 is 11.6 Å². The van der Waals surface area contributed by atoms with Crippen LogP contribution in [0.2, 0.25) is 0 Å². The molecule has 0 atom stereocenters. The smallest absolute Gasteiger partial charge is 0.0176 e. The van der Waals surface area contributed by atoms with Crippen molar-refractivity contribution >= 4 is 11.6 Å². The number of rotatable bonds is 6. The highest BCUT2D eigenvalue weighted by molar-refractivity contribution is 6.29. The maximum Gasteiger partial charge on any atom is 0.0176 e. The van der Waals surface area contributed by atoms with Gasteiger partial charge in [0.1, 0.15) is 0 Å². The zero-order valence-electron chi connectivity index (χ0n) is 10.8. The molecule has 0 fully saturated rings. The van der Waals surface area contributed by atoms with Crippen molar-refractivity contribution in [2.75, 3.05) is 0 Å². The summed E-state index contributed by atoms with van der Waals surface area (Å²) >= 11 is 6.21. The summed E-state index contributed by atoms with van der Waals surface area (Å²) in [7, 11) is 0. The molecule has 1 heteroatoms. The van der Waals surface area contributed by atoms with Crippen LogP contribution < -0.4 is 0 Å². The molecule has 0 aromatic rings. The van der Waals surface area contributed by atoms with E-state index in [1.54, 1.807) is 0 Å². The maximum atomic E-state index is 6.21. The van der Waals surface area contributed by atoms with E-state index in [2.05, 4.69) is 46.8 Å². The number of hydrogen-bond acceptors (Lipinski definition) is 0. The molecule has 0 aromatic heterocycles. The van der Waals surface area contributed by atoms with Crippen molar-refractivity contribution in [2.45, 2.75) is 53.9 Å². The van der Waals surface area contributed by atoms with Crippen molar-refractivity contribution < 1.29 is 0 Å². The van der Waals surface area contributed by atoms with E-state index in [0.717, 1.165) is 30.2 Å². The first-order chi connectivity index (χ1) is 6.99. The van der Waals surface area contributed by atoms with Crippen LogP contribution in [0.5, 0.6) is 0 Å². The topological polar surface area (TPSA) is 0 Å². The molecule has 0 heterocycles. The van der Waals surface area contributed by atoms with Crippen molar-refractivity contribution in [2.24, 2.45) is 11.8 Å². The maximum absolute atomic E-state index is 6.21. The third kappa shape index (κ3) is 6.78. The molecule has 0 N–H and O–H groups in total. The Morgan fingerprint density at radius 2 is 1.73 bits per heavy atom. The summed E-state index contributed by atoms with van der Waals surface area (Å²) in [5.74, 6) is 1.30. The zero-order valence-corrected chi connectivity index (χ0v) is 11.6. The Morgan fingerprint density at radius 3 is 2.13 bits per heavy atom. The molecule has 0 unspecified atom stereocenters. The second kappa shape index (κ2) is 7.98. The Morgan fingerprint density at radius 1 is 1.13 bits per heavy atom. The minimum atomic E-state index is 0.557. The summed E-state index contributed by atoms with van der Waals surface area (Å²) in [6, 6.07) is 0.